The molecule has 1 N–H and O–H groups in total. The van der Waals surface area contributed by atoms with Gasteiger partial charge in [-0.2, -0.15) is 0 Å². The van der Waals surface area contributed by atoms with Gasteiger partial charge in [0.2, 0.25) is 0 Å². The van der Waals surface area contributed by atoms with E-state index in [1.807, 2.05) is 32.8 Å². The summed E-state index contributed by atoms with van der Waals surface area (Å²) in [7, 11) is 3.70. The van der Waals surface area contributed by atoms with Crippen LogP contribution in [0.3, 0.4) is 0 Å². The van der Waals surface area contributed by atoms with Crippen LogP contribution in [-0.2, 0) is 9.53 Å². The minimum absolute atomic E-state index is 0.102. The molecule has 0 radical (unpaired) electrons. The number of likely N-dealkylation sites (N-methyl/N-ethyl adjacent to an activating group) is 1. The van der Waals surface area contributed by atoms with E-state index in [0.29, 0.717) is 19.4 Å². The number of rotatable bonds is 7. The molecule has 0 fully saturated rings. The van der Waals surface area contributed by atoms with E-state index in [9.17, 15) is 4.79 Å². The minimum atomic E-state index is -0.627. The van der Waals surface area contributed by atoms with E-state index in [2.05, 4.69) is 0 Å². The Morgan fingerprint density at radius 3 is 2.47 bits per heavy atom. The number of carbonyl (C=O) groups is 1. The predicted molar refractivity (Wildman–Crippen MR) is 59.7 cm³/mol. The van der Waals surface area contributed by atoms with Crippen molar-refractivity contribution in [3.8, 4) is 0 Å². The van der Waals surface area contributed by atoms with Crippen molar-refractivity contribution < 1.29 is 14.6 Å². The fourth-order valence-corrected chi connectivity index (χ4v) is 1.28. The summed E-state index contributed by atoms with van der Waals surface area (Å²) >= 11 is 0. The maximum atomic E-state index is 11.8. The lowest BCUT2D eigenvalue weighted by Gasteiger charge is -2.33. The molecule has 0 saturated carbocycles. The number of esters is 1. The standard InChI is InChI=1S/C11H23NO3/c1-5-9-15-10(14)11(2,12(3)4)7-6-8-13/h13H,5-9H2,1-4H3. The van der Waals surface area contributed by atoms with Crippen molar-refractivity contribution in [3.63, 3.8) is 0 Å². The smallest absolute Gasteiger partial charge is 0.326 e. The molecule has 4 heteroatoms. The predicted octanol–water partition coefficient (Wildman–Crippen LogP) is 1.03. The van der Waals surface area contributed by atoms with Crippen molar-refractivity contribution >= 4 is 5.97 Å². The van der Waals surface area contributed by atoms with Gasteiger partial charge < -0.3 is 9.84 Å². The van der Waals surface area contributed by atoms with Crippen LogP contribution in [0.4, 0.5) is 0 Å². The second-order valence-electron chi connectivity index (χ2n) is 4.13. The molecule has 0 amide bonds. The number of nitrogens with zero attached hydrogens (tertiary/aromatic N) is 1. The molecule has 0 aliphatic heterocycles. The first kappa shape index (κ1) is 14.4. The Bertz CT molecular complexity index is 194. The van der Waals surface area contributed by atoms with Crippen molar-refractivity contribution in [1.82, 2.24) is 4.90 Å². The van der Waals surface area contributed by atoms with E-state index < -0.39 is 5.54 Å². The molecule has 0 aromatic heterocycles. The van der Waals surface area contributed by atoms with Gasteiger partial charge in [-0.05, 0) is 40.3 Å². The van der Waals surface area contributed by atoms with Crippen molar-refractivity contribution in [2.45, 2.75) is 38.6 Å². The molecule has 1 atom stereocenters. The highest BCUT2D eigenvalue weighted by atomic mass is 16.5. The average molecular weight is 217 g/mol. The second-order valence-corrected chi connectivity index (χ2v) is 4.13. The maximum absolute atomic E-state index is 11.8. The summed E-state index contributed by atoms with van der Waals surface area (Å²) in [5.74, 6) is -0.206. The van der Waals surface area contributed by atoms with Gasteiger partial charge in [-0.15, -0.1) is 0 Å². The van der Waals surface area contributed by atoms with Crippen LogP contribution in [0.1, 0.15) is 33.1 Å². The molecule has 0 heterocycles. The summed E-state index contributed by atoms with van der Waals surface area (Å²) in [5.41, 5.74) is -0.627. The molecular formula is C11H23NO3. The van der Waals surface area contributed by atoms with Gasteiger partial charge in [0.05, 0.1) is 6.61 Å². The SMILES string of the molecule is CCCOC(=O)C(C)(CCCO)N(C)C. The molecule has 0 aliphatic rings. The van der Waals surface area contributed by atoms with Gasteiger partial charge >= 0.3 is 5.97 Å². The lowest BCUT2D eigenvalue weighted by molar-refractivity contribution is -0.156. The highest BCUT2D eigenvalue weighted by molar-refractivity contribution is 5.80. The summed E-state index contributed by atoms with van der Waals surface area (Å²) in [5, 5.41) is 8.80. The minimum Gasteiger partial charge on any atom is -0.464 e. The van der Waals surface area contributed by atoms with E-state index in [-0.39, 0.29) is 12.6 Å². The van der Waals surface area contributed by atoms with Gasteiger partial charge in [0.1, 0.15) is 5.54 Å². The monoisotopic (exact) mass is 217 g/mol. The molecule has 0 bridgehead atoms. The fraction of sp³-hybridized carbons (Fsp3) is 0.909. The number of hydrogen-bond acceptors (Lipinski definition) is 4. The zero-order chi connectivity index (χ0) is 11.9. The molecule has 0 saturated heterocycles. The third kappa shape index (κ3) is 4.18. The third-order valence-electron chi connectivity index (χ3n) is 2.69. The molecule has 0 aliphatic carbocycles. The van der Waals surface area contributed by atoms with Crippen LogP contribution in [-0.4, -0.2) is 48.8 Å². The number of aliphatic hydroxyl groups is 1. The maximum Gasteiger partial charge on any atom is 0.326 e. The summed E-state index contributed by atoms with van der Waals surface area (Å²) in [6.07, 6.45) is 2.05. The van der Waals surface area contributed by atoms with Gasteiger partial charge in [0.15, 0.2) is 0 Å². The quantitative estimate of drug-likeness (QED) is 0.647. The molecule has 1 unspecified atom stereocenters. The molecule has 90 valence electrons. The largest absolute Gasteiger partial charge is 0.464 e. The van der Waals surface area contributed by atoms with Crippen LogP contribution >= 0.6 is 0 Å². The van der Waals surface area contributed by atoms with E-state index in [1.54, 1.807) is 0 Å². The van der Waals surface area contributed by atoms with E-state index in [0.717, 1.165) is 6.42 Å². The Morgan fingerprint density at radius 1 is 1.47 bits per heavy atom. The summed E-state index contributed by atoms with van der Waals surface area (Å²) in [4.78, 5) is 13.7. The Hall–Kier alpha value is -0.610. The van der Waals surface area contributed by atoms with Crippen LogP contribution < -0.4 is 0 Å². The molecule has 0 aromatic rings. The van der Waals surface area contributed by atoms with E-state index in [1.165, 1.54) is 0 Å². The van der Waals surface area contributed by atoms with Crippen LogP contribution in [0.2, 0.25) is 0 Å². The van der Waals surface area contributed by atoms with Gasteiger partial charge in [-0.3, -0.25) is 9.69 Å². The molecule has 0 rings (SSSR count). The number of carbonyl (C=O) groups excluding carboxylic acids is 1. The van der Waals surface area contributed by atoms with E-state index in [4.69, 9.17) is 9.84 Å². The third-order valence-corrected chi connectivity index (χ3v) is 2.69. The van der Waals surface area contributed by atoms with Gasteiger partial charge in [-0.1, -0.05) is 6.92 Å². The highest BCUT2D eigenvalue weighted by Gasteiger charge is 2.36. The van der Waals surface area contributed by atoms with Crippen molar-refractivity contribution in [2.75, 3.05) is 27.3 Å². The van der Waals surface area contributed by atoms with Crippen LogP contribution in [0.25, 0.3) is 0 Å². The first-order valence-electron chi connectivity index (χ1n) is 5.44. The van der Waals surface area contributed by atoms with Gasteiger partial charge in [0.25, 0.3) is 0 Å². The van der Waals surface area contributed by atoms with Crippen molar-refractivity contribution in [3.05, 3.63) is 0 Å². The Labute approximate surface area is 92.2 Å². The lowest BCUT2D eigenvalue weighted by Crippen LogP contribution is -2.49. The van der Waals surface area contributed by atoms with Crippen molar-refractivity contribution in [2.24, 2.45) is 0 Å². The molecule has 15 heavy (non-hydrogen) atoms. The summed E-state index contributed by atoms with van der Waals surface area (Å²) in [6, 6.07) is 0. The number of hydrogen-bond donors (Lipinski definition) is 1. The molecule has 0 spiro atoms. The Morgan fingerprint density at radius 2 is 2.07 bits per heavy atom. The lowest BCUT2D eigenvalue weighted by atomic mass is 9.94. The number of ether oxygens (including phenoxy) is 1. The van der Waals surface area contributed by atoms with Gasteiger partial charge in [-0.25, -0.2) is 0 Å². The molecular weight excluding hydrogens is 194 g/mol. The van der Waals surface area contributed by atoms with Crippen LogP contribution in [0, 0.1) is 0 Å². The molecule has 0 aromatic carbocycles. The second kappa shape index (κ2) is 6.80. The zero-order valence-electron chi connectivity index (χ0n) is 10.2. The van der Waals surface area contributed by atoms with E-state index >= 15 is 0 Å². The zero-order valence-corrected chi connectivity index (χ0v) is 10.2. The van der Waals surface area contributed by atoms with Crippen LogP contribution in [0.5, 0.6) is 0 Å². The topological polar surface area (TPSA) is 49.8 Å². The summed E-state index contributed by atoms with van der Waals surface area (Å²) in [6.45, 7) is 4.38. The Balaban J connectivity index is 4.40. The first-order chi connectivity index (χ1) is 6.99. The normalized spacial score (nSPS) is 15.1. The van der Waals surface area contributed by atoms with Gasteiger partial charge in [0, 0.05) is 6.61 Å². The molecule has 4 nitrogen and oxygen atoms in total. The average Bonchev–Trinajstić information content (AvgIpc) is 2.21. The fourth-order valence-electron chi connectivity index (χ4n) is 1.28. The highest BCUT2D eigenvalue weighted by Crippen LogP contribution is 2.20. The first-order valence-corrected chi connectivity index (χ1v) is 5.44. The summed E-state index contributed by atoms with van der Waals surface area (Å²) < 4.78 is 5.15. The Kier molecular flexibility index (Phi) is 6.52. The van der Waals surface area contributed by atoms with Crippen LogP contribution in [0.15, 0.2) is 0 Å². The van der Waals surface area contributed by atoms with Crippen molar-refractivity contribution in [1.29, 1.82) is 0 Å². The number of aliphatic hydroxyl groups excluding tert-OH is 1.